The quantitative estimate of drug-likeness (QED) is 0.756. The molecule has 9 heteroatoms. The largest absolute Gasteiger partial charge is 0.317 e. The lowest BCUT2D eigenvalue weighted by Gasteiger charge is -2.11. The Morgan fingerprint density at radius 2 is 2.25 bits per heavy atom. The number of nitrogens with one attached hydrogen (secondary N) is 2. The summed E-state index contributed by atoms with van der Waals surface area (Å²) in [6, 6.07) is 5.12. The number of para-hydroxylation sites is 1. The summed E-state index contributed by atoms with van der Waals surface area (Å²) < 4.78 is 1.47. The van der Waals surface area contributed by atoms with E-state index in [0.29, 0.717) is 16.4 Å². The lowest BCUT2D eigenvalue weighted by molar-refractivity contribution is 0.101. The molecule has 3 aromatic rings. The fourth-order valence-corrected chi connectivity index (χ4v) is 1.93. The number of hydrogen-bond donors (Lipinski definition) is 2. The summed E-state index contributed by atoms with van der Waals surface area (Å²) >= 11 is 6.15. The van der Waals surface area contributed by atoms with Gasteiger partial charge in [-0.15, -0.1) is 0 Å². The molecule has 0 unspecified atom stereocenters. The topological polar surface area (TPSA) is 101 Å². The number of carbonyl (C=O) groups is 1. The van der Waals surface area contributed by atoms with E-state index in [-0.39, 0.29) is 5.82 Å². The van der Waals surface area contributed by atoms with E-state index in [2.05, 4.69) is 30.6 Å². The number of aromatic nitrogens is 6. The van der Waals surface area contributed by atoms with Gasteiger partial charge in [-0.1, -0.05) is 17.7 Å². The van der Waals surface area contributed by atoms with E-state index in [1.807, 2.05) is 0 Å². The highest BCUT2D eigenvalue weighted by Gasteiger charge is 2.15. The molecule has 3 rings (SSSR count). The Hall–Kier alpha value is -2.74. The van der Waals surface area contributed by atoms with Crippen molar-refractivity contribution in [3.63, 3.8) is 0 Å². The van der Waals surface area contributed by atoms with Crippen molar-refractivity contribution in [3.05, 3.63) is 48.0 Å². The van der Waals surface area contributed by atoms with Crippen LogP contribution in [0, 0.1) is 0 Å². The first-order chi connectivity index (χ1) is 9.75. The molecule has 100 valence electrons. The van der Waals surface area contributed by atoms with Gasteiger partial charge in [0.15, 0.2) is 0 Å². The molecule has 2 N–H and O–H groups in total. The minimum atomic E-state index is -0.425. The van der Waals surface area contributed by atoms with Crippen LogP contribution in [0.3, 0.4) is 0 Å². The molecular weight excluding hydrogens is 282 g/mol. The van der Waals surface area contributed by atoms with Gasteiger partial charge in [0, 0.05) is 0 Å². The molecule has 8 nitrogen and oxygen atoms in total. The third-order valence-electron chi connectivity index (χ3n) is 2.51. The van der Waals surface area contributed by atoms with Crippen molar-refractivity contribution < 1.29 is 4.79 Å². The lowest BCUT2D eigenvalue weighted by atomic mass is 10.2. The van der Waals surface area contributed by atoms with Crippen LogP contribution in [-0.4, -0.2) is 35.9 Å². The fraction of sp³-hybridized carbons (Fsp3) is 0. The lowest BCUT2D eigenvalue weighted by Crippen LogP contribution is -2.15. The number of anilines is 1. The van der Waals surface area contributed by atoms with Gasteiger partial charge in [0.2, 0.25) is 5.82 Å². The number of hydrogen-bond acceptors (Lipinski definition) is 5. The van der Waals surface area contributed by atoms with Gasteiger partial charge in [0.1, 0.15) is 24.7 Å². The van der Waals surface area contributed by atoms with Gasteiger partial charge in [-0.05, 0) is 12.1 Å². The maximum Gasteiger partial charge on any atom is 0.293 e. The summed E-state index contributed by atoms with van der Waals surface area (Å²) in [5, 5.41) is 13.3. The molecule has 2 heterocycles. The minimum absolute atomic E-state index is 0.106. The molecular formula is C11H8ClN7O. The normalized spacial score (nSPS) is 10.4. The van der Waals surface area contributed by atoms with Crippen LogP contribution < -0.4 is 5.32 Å². The van der Waals surface area contributed by atoms with Crippen molar-refractivity contribution in [3.8, 4) is 5.69 Å². The molecule has 1 aromatic carbocycles. The van der Waals surface area contributed by atoms with Crippen molar-refractivity contribution in [1.29, 1.82) is 0 Å². The molecule has 0 saturated carbocycles. The van der Waals surface area contributed by atoms with Crippen molar-refractivity contribution in [2.45, 2.75) is 0 Å². The number of benzene rings is 1. The maximum atomic E-state index is 12.0. The van der Waals surface area contributed by atoms with Crippen LogP contribution in [0.1, 0.15) is 10.6 Å². The average molecular weight is 290 g/mol. The number of aromatic amines is 1. The van der Waals surface area contributed by atoms with Crippen molar-refractivity contribution in [2.75, 3.05) is 5.32 Å². The number of halogens is 1. The molecule has 0 saturated heterocycles. The second-order valence-electron chi connectivity index (χ2n) is 3.76. The molecule has 0 spiro atoms. The molecule has 0 bridgehead atoms. The molecule has 0 aliphatic heterocycles. The van der Waals surface area contributed by atoms with Gasteiger partial charge < -0.3 is 5.32 Å². The predicted octanol–water partition coefficient (Wildman–Crippen LogP) is 1.29. The highest BCUT2D eigenvalue weighted by molar-refractivity contribution is 6.33. The van der Waals surface area contributed by atoms with Gasteiger partial charge >= 0.3 is 0 Å². The number of amides is 1. The molecule has 0 radical (unpaired) electrons. The third-order valence-corrected chi connectivity index (χ3v) is 2.82. The van der Waals surface area contributed by atoms with E-state index in [9.17, 15) is 4.79 Å². The summed E-state index contributed by atoms with van der Waals surface area (Å²) in [5.41, 5.74) is 1.02. The van der Waals surface area contributed by atoms with E-state index < -0.39 is 5.91 Å². The zero-order valence-electron chi connectivity index (χ0n) is 9.99. The van der Waals surface area contributed by atoms with Crippen LogP contribution in [0.5, 0.6) is 0 Å². The minimum Gasteiger partial charge on any atom is -0.317 e. The van der Waals surface area contributed by atoms with E-state index in [0.717, 1.165) is 0 Å². The van der Waals surface area contributed by atoms with E-state index in [1.165, 1.54) is 23.7 Å². The Morgan fingerprint density at radius 1 is 1.35 bits per heavy atom. The second-order valence-corrected chi connectivity index (χ2v) is 4.17. The third kappa shape index (κ3) is 2.24. The monoisotopic (exact) mass is 289 g/mol. The molecule has 1 amide bonds. The Labute approximate surface area is 117 Å². The predicted molar refractivity (Wildman–Crippen MR) is 70.7 cm³/mol. The van der Waals surface area contributed by atoms with E-state index >= 15 is 0 Å². The Kier molecular flexibility index (Phi) is 3.13. The number of nitrogens with zero attached hydrogens (tertiary/aromatic N) is 5. The van der Waals surface area contributed by atoms with E-state index in [1.54, 1.807) is 18.2 Å². The zero-order valence-corrected chi connectivity index (χ0v) is 10.7. The van der Waals surface area contributed by atoms with Crippen molar-refractivity contribution >= 4 is 23.2 Å². The molecule has 0 aliphatic rings. The van der Waals surface area contributed by atoms with Crippen LogP contribution in [0.25, 0.3) is 5.69 Å². The summed E-state index contributed by atoms with van der Waals surface area (Å²) in [6.07, 6.45) is 4.13. The van der Waals surface area contributed by atoms with Crippen LogP contribution in [-0.2, 0) is 0 Å². The molecule has 0 atom stereocenters. The summed E-state index contributed by atoms with van der Waals surface area (Å²) in [7, 11) is 0. The van der Waals surface area contributed by atoms with Gasteiger partial charge in [-0.25, -0.2) is 14.6 Å². The smallest absolute Gasteiger partial charge is 0.293 e. The highest BCUT2D eigenvalue weighted by atomic mass is 35.5. The molecule has 0 fully saturated rings. The standard InChI is InChI=1S/C11H8ClN7O/c12-7-2-1-3-8(9(7)19-6-13-4-16-19)17-11(20)10-14-5-15-18-10/h1-6H,(H,17,20)(H,14,15,18). The number of carbonyl (C=O) groups excluding carboxylic acids is 1. The highest BCUT2D eigenvalue weighted by Crippen LogP contribution is 2.27. The first-order valence-electron chi connectivity index (χ1n) is 5.56. The summed E-state index contributed by atoms with van der Waals surface area (Å²) in [4.78, 5) is 19.6. The van der Waals surface area contributed by atoms with Crippen molar-refractivity contribution in [1.82, 2.24) is 29.9 Å². The van der Waals surface area contributed by atoms with Gasteiger partial charge in [-0.2, -0.15) is 10.2 Å². The zero-order chi connectivity index (χ0) is 13.9. The first-order valence-corrected chi connectivity index (χ1v) is 5.94. The maximum absolute atomic E-state index is 12.0. The Bertz CT molecular complexity index is 723. The fourth-order valence-electron chi connectivity index (χ4n) is 1.67. The van der Waals surface area contributed by atoms with Crippen molar-refractivity contribution in [2.24, 2.45) is 0 Å². The molecule has 2 aromatic heterocycles. The molecule has 0 aliphatic carbocycles. The van der Waals surface area contributed by atoms with Gasteiger partial charge in [-0.3, -0.25) is 9.89 Å². The van der Waals surface area contributed by atoms with E-state index in [4.69, 9.17) is 11.6 Å². The van der Waals surface area contributed by atoms with Crippen LogP contribution in [0.4, 0.5) is 5.69 Å². The molecule has 20 heavy (non-hydrogen) atoms. The first kappa shape index (κ1) is 12.3. The van der Waals surface area contributed by atoms with Crippen LogP contribution in [0.2, 0.25) is 5.02 Å². The average Bonchev–Trinajstić information content (AvgIpc) is 3.12. The van der Waals surface area contributed by atoms with Gasteiger partial charge in [0.05, 0.1) is 10.7 Å². The van der Waals surface area contributed by atoms with Gasteiger partial charge in [0.25, 0.3) is 5.91 Å². The Balaban J connectivity index is 1.98. The SMILES string of the molecule is O=C(Nc1cccc(Cl)c1-n1cncn1)c1ncn[nH]1. The summed E-state index contributed by atoms with van der Waals surface area (Å²) in [6.45, 7) is 0. The number of H-pyrrole nitrogens is 1. The number of rotatable bonds is 3. The second kappa shape index (κ2) is 5.10. The van der Waals surface area contributed by atoms with Crippen LogP contribution >= 0.6 is 11.6 Å². The Morgan fingerprint density at radius 3 is 2.95 bits per heavy atom. The summed E-state index contributed by atoms with van der Waals surface area (Å²) in [5.74, 6) is -0.319. The van der Waals surface area contributed by atoms with Crippen LogP contribution in [0.15, 0.2) is 37.2 Å².